The van der Waals surface area contributed by atoms with Crippen molar-refractivity contribution in [2.75, 3.05) is 33.0 Å². The Morgan fingerprint density at radius 3 is 1.35 bits per heavy atom. The van der Waals surface area contributed by atoms with Crippen LogP contribution in [0.5, 0.6) is 0 Å². The molecule has 12 N–H and O–H groups in total. The lowest BCUT2D eigenvalue weighted by Crippen LogP contribution is -2.27. The molecule has 20 heavy (non-hydrogen) atoms. The molecule has 0 saturated carbocycles. The fourth-order valence-corrected chi connectivity index (χ4v) is 0.700. The summed E-state index contributed by atoms with van der Waals surface area (Å²) in [6.07, 6.45) is 2.92. The van der Waals surface area contributed by atoms with Crippen molar-refractivity contribution < 1.29 is 20.4 Å². The number of unbranched alkanes of at least 4 members (excludes halogenated alkanes) is 1. The summed E-state index contributed by atoms with van der Waals surface area (Å²) in [5.74, 6) is 0. The molecule has 0 bridgehead atoms. The number of aliphatic hydroxyl groups is 4. The van der Waals surface area contributed by atoms with Gasteiger partial charge in [-0.2, -0.15) is 0 Å². The van der Waals surface area contributed by atoms with Crippen molar-refractivity contribution in [2.45, 2.75) is 44.3 Å². The zero-order valence-corrected chi connectivity index (χ0v) is 12.5. The summed E-state index contributed by atoms with van der Waals surface area (Å²) in [5, 5.41) is 32.6. The van der Waals surface area contributed by atoms with E-state index in [1.54, 1.807) is 6.92 Å². The highest BCUT2D eigenvalue weighted by Crippen LogP contribution is 1.95. The van der Waals surface area contributed by atoms with Crippen molar-refractivity contribution >= 4 is 0 Å². The first-order valence-corrected chi connectivity index (χ1v) is 6.79. The van der Waals surface area contributed by atoms with Gasteiger partial charge in [0.1, 0.15) is 0 Å². The summed E-state index contributed by atoms with van der Waals surface area (Å²) in [4.78, 5) is 0. The summed E-state index contributed by atoms with van der Waals surface area (Å²) in [6, 6.07) is -0.559. The van der Waals surface area contributed by atoms with Crippen LogP contribution in [0.3, 0.4) is 0 Å². The minimum absolute atomic E-state index is 0.0449. The molecule has 0 aliphatic heterocycles. The molecular weight excluding hydrogens is 264 g/mol. The van der Waals surface area contributed by atoms with Crippen molar-refractivity contribution in [3.05, 3.63) is 0 Å². The van der Waals surface area contributed by atoms with E-state index >= 15 is 0 Å². The van der Waals surface area contributed by atoms with Gasteiger partial charge in [-0.3, -0.25) is 0 Å². The summed E-state index contributed by atoms with van der Waals surface area (Å²) < 4.78 is 0. The molecule has 0 amide bonds. The van der Waals surface area contributed by atoms with E-state index in [1.807, 2.05) is 0 Å². The first-order valence-electron chi connectivity index (χ1n) is 6.79. The standard InChI is InChI=1S/C6H16N2O.C3H9NO2.C3H9NO/c7-4-2-1-3-6(8)5-9;4-3(1-5)2-6;1-3(4)2-5/h6,9H,1-5,7-8H2;3,5-6H,1-2,4H2;3,5H,2,4H2,1H3. The summed E-state index contributed by atoms with van der Waals surface area (Å²) >= 11 is 0. The molecule has 8 nitrogen and oxygen atoms in total. The van der Waals surface area contributed by atoms with Gasteiger partial charge in [-0.1, -0.05) is 6.42 Å². The second-order valence-corrected chi connectivity index (χ2v) is 4.51. The van der Waals surface area contributed by atoms with E-state index in [-0.39, 0.29) is 38.5 Å². The van der Waals surface area contributed by atoms with E-state index in [9.17, 15) is 0 Å². The van der Waals surface area contributed by atoms with Crippen LogP contribution in [0.1, 0.15) is 26.2 Å². The monoisotopic (exact) mass is 298 g/mol. The van der Waals surface area contributed by atoms with E-state index in [2.05, 4.69) is 0 Å². The molecule has 2 unspecified atom stereocenters. The Bertz CT molecular complexity index is 160. The zero-order chi connectivity index (χ0) is 16.4. The molecule has 0 rings (SSSR count). The van der Waals surface area contributed by atoms with Crippen molar-refractivity contribution in [1.29, 1.82) is 0 Å². The molecule has 126 valence electrons. The van der Waals surface area contributed by atoms with Gasteiger partial charge in [-0.25, -0.2) is 0 Å². The summed E-state index contributed by atoms with van der Waals surface area (Å²) in [7, 11) is 0. The van der Waals surface area contributed by atoms with Crippen LogP contribution in [0.2, 0.25) is 0 Å². The predicted molar refractivity (Wildman–Crippen MR) is 80.8 cm³/mol. The number of aliphatic hydroxyl groups excluding tert-OH is 4. The van der Waals surface area contributed by atoms with Gasteiger partial charge in [0.25, 0.3) is 0 Å². The quantitative estimate of drug-likeness (QED) is 0.219. The molecule has 0 spiro atoms. The van der Waals surface area contributed by atoms with Crippen LogP contribution in [0.4, 0.5) is 0 Å². The van der Waals surface area contributed by atoms with Gasteiger partial charge in [-0.15, -0.1) is 0 Å². The highest BCUT2D eigenvalue weighted by atomic mass is 16.3. The fourth-order valence-electron chi connectivity index (χ4n) is 0.700. The Labute approximate surface area is 121 Å². The minimum Gasteiger partial charge on any atom is -0.395 e. The third-order valence-corrected chi connectivity index (χ3v) is 2.02. The predicted octanol–water partition coefficient (Wildman–Crippen LogP) is -2.94. The van der Waals surface area contributed by atoms with Crippen molar-refractivity contribution in [3.63, 3.8) is 0 Å². The molecule has 0 radical (unpaired) electrons. The molecular formula is C12H34N4O4. The maximum Gasteiger partial charge on any atom is 0.0605 e. The summed E-state index contributed by atoms with van der Waals surface area (Å²) in [6.45, 7) is 2.36. The smallest absolute Gasteiger partial charge is 0.0605 e. The largest absolute Gasteiger partial charge is 0.395 e. The van der Waals surface area contributed by atoms with E-state index in [0.29, 0.717) is 0 Å². The highest BCUT2D eigenvalue weighted by molar-refractivity contribution is 4.58. The van der Waals surface area contributed by atoms with E-state index < -0.39 is 6.04 Å². The highest BCUT2D eigenvalue weighted by Gasteiger charge is 1.97. The molecule has 0 aliphatic carbocycles. The van der Waals surface area contributed by atoms with Crippen molar-refractivity contribution in [1.82, 2.24) is 0 Å². The molecule has 0 aromatic heterocycles. The van der Waals surface area contributed by atoms with Crippen LogP contribution < -0.4 is 22.9 Å². The Morgan fingerprint density at radius 1 is 0.750 bits per heavy atom. The SMILES string of the molecule is CC(N)CO.NC(CO)CO.NCCCCC(N)CO. The van der Waals surface area contributed by atoms with Gasteiger partial charge in [0, 0.05) is 12.1 Å². The van der Waals surface area contributed by atoms with E-state index in [4.69, 9.17) is 43.4 Å². The third kappa shape index (κ3) is 30.6. The number of nitrogens with two attached hydrogens (primary N) is 4. The zero-order valence-electron chi connectivity index (χ0n) is 12.5. The molecule has 0 aromatic carbocycles. The molecule has 0 heterocycles. The second kappa shape index (κ2) is 21.0. The first-order chi connectivity index (χ1) is 9.39. The maximum absolute atomic E-state index is 8.48. The van der Waals surface area contributed by atoms with E-state index in [1.165, 1.54) is 0 Å². The second-order valence-electron chi connectivity index (χ2n) is 4.51. The summed E-state index contributed by atoms with van der Waals surface area (Å²) in [5.41, 5.74) is 20.7. The van der Waals surface area contributed by atoms with Gasteiger partial charge >= 0.3 is 0 Å². The molecule has 0 saturated heterocycles. The van der Waals surface area contributed by atoms with Crippen molar-refractivity contribution in [2.24, 2.45) is 22.9 Å². The maximum atomic E-state index is 8.48. The van der Waals surface area contributed by atoms with Crippen molar-refractivity contribution in [3.8, 4) is 0 Å². The van der Waals surface area contributed by atoms with Crippen LogP contribution in [0.15, 0.2) is 0 Å². The lowest BCUT2D eigenvalue weighted by Gasteiger charge is -2.05. The number of hydrogen-bond donors (Lipinski definition) is 8. The van der Waals surface area contributed by atoms with Crippen LogP contribution in [-0.2, 0) is 0 Å². The van der Waals surface area contributed by atoms with Crippen LogP contribution in [0.25, 0.3) is 0 Å². The Kier molecular flexibility index (Phi) is 25.9. The number of rotatable bonds is 8. The van der Waals surface area contributed by atoms with Gasteiger partial charge in [0.15, 0.2) is 0 Å². The molecule has 2 atom stereocenters. The first kappa shape index (κ1) is 24.7. The normalized spacial score (nSPS) is 12.9. The van der Waals surface area contributed by atoms with Gasteiger partial charge in [0.05, 0.1) is 32.5 Å². The molecule has 0 aliphatic rings. The molecule has 8 heteroatoms. The van der Waals surface area contributed by atoms with Crippen LogP contribution in [0, 0.1) is 0 Å². The number of hydrogen-bond acceptors (Lipinski definition) is 8. The minimum atomic E-state index is -0.454. The average molecular weight is 298 g/mol. The van der Waals surface area contributed by atoms with E-state index in [0.717, 1.165) is 25.8 Å². The van der Waals surface area contributed by atoms with Gasteiger partial charge in [0.2, 0.25) is 0 Å². The Balaban J connectivity index is -0.000000230. The topological polar surface area (TPSA) is 185 Å². The van der Waals surface area contributed by atoms with Gasteiger partial charge in [-0.05, 0) is 26.3 Å². The lowest BCUT2D eigenvalue weighted by atomic mass is 10.1. The Morgan fingerprint density at radius 2 is 1.15 bits per heavy atom. The van der Waals surface area contributed by atoms with Crippen LogP contribution in [-0.4, -0.2) is 71.5 Å². The Hall–Kier alpha value is -0.320. The fraction of sp³-hybridized carbons (Fsp3) is 1.00. The van der Waals surface area contributed by atoms with Gasteiger partial charge < -0.3 is 43.4 Å². The average Bonchev–Trinajstić information content (AvgIpc) is 2.47. The third-order valence-electron chi connectivity index (χ3n) is 2.02. The molecule has 0 fully saturated rings. The van der Waals surface area contributed by atoms with Crippen LogP contribution >= 0.6 is 0 Å². The lowest BCUT2D eigenvalue weighted by molar-refractivity contribution is 0.194. The molecule has 0 aromatic rings.